The van der Waals surface area contributed by atoms with Gasteiger partial charge in [0.1, 0.15) is 5.76 Å². The molecule has 8 heteroatoms. The summed E-state index contributed by atoms with van der Waals surface area (Å²) in [4.78, 5) is 23.1. The van der Waals surface area contributed by atoms with Crippen LogP contribution < -0.4 is 19.5 Å². The molecular weight excluding hydrogens is 438 g/mol. The van der Waals surface area contributed by atoms with Gasteiger partial charge in [0.15, 0.2) is 22.8 Å². The second-order valence-corrected chi connectivity index (χ2v) is 7.69. The number of nitrogens with one attached hydrogen (secondary N) is 1. The van der Waals surface area contributed by atoms with Crippen LogP contribution in [-0.4, -0.2) is 44.4 Å². The summed E-state index contributed by atoms with van der Waals surface area (Å²) in [5.41, 5.74) is 2.26. The fourth-order valence-electron chi connectivity index (χ4n) is 3.43. The molecule has 0 saturated carbocycles. The van der Waals surface area contributed by atoms with Gasteiger partial charge in [0.2, 0.25) is 5.91 Å². The second-order valence-electron chi connectivity index (χ2n) is 7.69. The van der Waals surface area contributed by atoms with Gasteiger partial charge < -0.3 is 29.1 Å². The van der Waals surface area contributed by atoms with E-state index in [2.05, 4.69) is 5.32 Å². The highest BCUT2D eigenvalue weighted by atomic mass is 16.5. The molecule has 0 unspecified atom stereocenters. The molecule has 3 rings (SSSR count). The maximum absolute atomic E-state index is 12.4. The number of aliphatic carboxylic acids is 1. The SMILES string of the molecule is COc1ccc(CCNC(=O)/C=C(/C)c2cc3cccc(OCCCC(=O)O)c3o2)cc1OC. The van der Waals surface area contributed by atoms with Crippen LogP contribution >= 0.6 is 0 Å². The number of rotatable bonds is 12. The van der Waals surface area contributed by atoms with E-state index < -0.39 is 5.97 Å². The van der Waals surface area contributed by atoms with Crippen molar-refractivity contribution in [1.82, 2.24) is 5.32 Å². The molecule has 3 aromatic rings. The lowest BCUT2D eigenvalue weighted by Crippen LogP contribution is -2.23. The Morgan fingerprint density at radius 1 is 1.06 bits per heavy atom. The number of furan rings is 1. The van der Waals surface area contributed by atoms with Crippen LogP contribution in [0, 0.1) is 0 Å². The van der Waals surface area contributed by atoms with E-state index in [1.54, 1.807) is 27.2 Å². The summed E-state index contributed by atoms with van der Waals surface area (Å²) >= 11 is 0. The van der Waals surface area contributed by atoms with E-state index in [1.807, 2.05) is 36.4 Å². The summed E-state index contributed by atoms with van der Waals surface area (Å²) < 4.78 is 22.2. The van der Waals surface area contributed by atoms with Gasteiger partial charge in [-0.05, 0) is 55.2 Å². The molecule has 0 aliphatic rings. The fourth-order valence-corrected chi connectivity index (χ4v) is 3.43. The Hall–Kier alpha value is -3.94. The van der Waals surface area contributed by atoms with E-state index in [0.29, 0.717) is 53.6 Å². The number of carbonyl (C=O) groups is 2. The molecule has 2 aromatic carbocycles. The molecule has 180 valence electrons. The number of carboxylic acid groups (broad SMARTS) is 1. The molecular formula is C26H29NO7. The summed E-state index contributed by atoms with van der Waals surface area (Å²) in [5.74, 6) is 1.34. The molecule has 34 heavy (non-hydrogen) atoms. The van der Waals surface area contributed by atoms with Crippen LogP contribution in [-0.2, 0) is 16.0 Å². The molecule has 0 aliphatic heterocycles. The average molecular weight is 468 g/mol. The third kappa shape index (κ3) is 6.54. The van der Waals surface area contributed by atoms with Gasteiger partial charge in [-0.15, -0.1) is 0 Å². The average Bonchev–Trinajstić information content (AvgIpc) is 3.27. The van der Waals surface area contributed by atoms with Crippen molar-refractivity contribution in [2.75, 3.05) is 27.4 Å². The molecule has 1 amide bonds. The molecule has 1 aromatic heterocycles. The number of carbonyl (C=O) groups excluding carboxylic acids is 1. The van der Waals surface area contributed by atoms with Crippen LogP contribution in [0.5, 0.6) is 17.2 Å². The highest BCUT2D eigenvalue weighted by Gasteiger charge is 2.12. The molecule has 2 N–H and O–H groups in total. The number of ether oxygens (including phenoxy) is 3. The second kappa shape index (κ2) is 11.8. The van der Waals surface area contributed by atoms with Crippen molar-refractivity contribution < 1.29 is 33.3 Å². The summed E-state index contributed by atoms with van der Waals surface area (Å²) in [6.45, 7) is 2.55. The molecule has 0 atom stereocenters. The highest BCUT2D eigenvalue weighted by Crippen LogP contribution is 2.31. The minimum absolute atomic E-state index is 0.0440. The molecule has 0 aliphatic carbocycles. The maximum Gasteiger partial charge on any atom is 0.303 e. The van der Waals surface area contributed by atoms with Crippen molar-refractivity contribution >= 4 is 28.4 Å². The third-order valence-corrected chi connectivity index (χ3v) is 5.20. The van der Waals surface area contributed by atoms with Gasteiger partial charge in [0.25, 0.3) is 0 Å². The standard InChI is InChI=1S/C26H29NO7/c1-17(14-24(28)27-12-11-18-9-10-20(31-2)23(15-18)32-3)22-16-19-6-4-7-21(26(19)34-22)33-13-5-8-25(29)30/h4,6-7,9-10,14-16H,5,8,11-13H2,1-3H3,(H,27,28)(H,29,30)/b17-14-. The van der Waals surface area contributed by atoms with Crippen molar-refractivity contribution in [3.63, 3.8) is 0 Å². The molecule has 0 saturated heterocycles. The fraction of sp³-hybridized carbons (Fsp3) is 0.308. The van der Waals surface area contributed by atoms with Crippen molar-refractivity contribution in [2.24, 2.45) is 0 Å². The quantitative estimate of drug-likeness (QED) is 0.299. The van der Waals surface area contributed by atoms with Gasteiger partial charge in [0, 0.05) is 24.4 Å². The Labute approximate surface area is 198 Å². The molecule has 0 radical (unpaired) electrons. The Kier molecular flexibility index (Phi) is 8.56. The largest absolute Gasteiger partial charge is 0.493 e. The monoisotopic (exact) mass is 467 g/mol. The van der Waals surface area contributed by atoms with Gasteiger partial charge in [0.05, 0.1) is 20.8 Å². The van der Waals surface area contributed by atoms with Crippen LogP contribution in [0.1, 0.15) is 31.1 Å². The van der Waals surface area contributed by atoms with E-state index in [-0.39, 0.29) is 18.9 Å². The molecule has 8 nitrogen and oxygen atoms in total. The zero-order valence-electron chi connectivity index (χ0n) is 19.6. The third-order valence-electron chi connectivity index (χ3n) is 5.20. The maximum atomic E-state index is 12.4. The molecule has 1 heterocycles. The van der Waals surface area contributed by atoms with E-state index in [4.69, 9.17) is 23.7 Å². The van der Waals surface area contributed by atoms with Crippen molar-refractivity contribution in [3.8, 4) is 17.2 Å². The number of hydrogen-bond donors (Lipinski definition) is 2. The van der Waals surface area contributed by atoms with E-state index in [9.17, 15) is 9.59 Å². The minimum atomic E-state index is -0.857. The number of methoxy groups -OCH3 is 2. The molecule has 0 spiro atoms. The van der Waals surface area contributed by atoms with E-state index in [0.717, 1.165) is 10.9 Å². The van der Waals surface area contributed by atoms with E-state index in [1.165, 1.54) is 6.08 Å². The molecule has 0 fully saturated rings. The van der Waals surface area contributed by atoms with E-state index >= 15 is 0 Å². The first-order valence-corrected chi connectivity index (χ1v) is 11.0. The lowest BCUT2D eigenvalue weighted by Gasteiger charge is -2.09. The number of benzene rings is 2. The zero-order valence-corrected chi connectivity index (χ0v) is 19.6. The predicted molar refractivity (Wildman–Crippen MR) is 128 cm³/mol. The number of fused-ring (bicyclic) bond motifs is 1. The summed E-state index contributed by atoms with van der Waals surface area (Å²) in [6, 6.07) is 13.0. The van der Waals surface area contributed by atoms with Crippen molar-refractivity contribution in [1.29, 1.82) is 0 Å². The summed E-state index contributed by atoms with van der Waals surface area (Å²) in [7, 11) is 3.17. The number of para-hydroxylation sites is 1. The number of allylic oxidation sites excluding steroid dienone is 1. The zero-order chi connectivity index (χ0) is 24.5. The van der Waals surface area contributed by atoms with Crippen LogP contribution in [0.25, 0.3) is 16.5 Å². The van der Waals surface area contributed by atoms with Gasteiger partial charge in [-0.3, -0.25) is 9.59 Å². The smallest absolute Gasteiger partial charge is 0.303 e. The minimum Gasteiger partial charge on any atom is -0.493 e. The Bertz CT molecular complexity index is 1180. The van der Waals surface area contributed by atoms with Crippen molar-refractivity contribution in [3.05, 3.63) is 59.9 Å². The van der Waals surface area contributed by atoms with Crippen LogP contribution in [0.15, 0.2) is 53.0 Å². The topological polar surface area (TPSA) is 107 Å². The summed E-state index contributed by atoms with van der Waals surface area (Å²) in [6.07, 6.45) is 2.59. The van der Waals surface area contributed by atoms with Gasteiger partial charge >= 0.3 is 5.97 Å². The van der Waals surface area contributed by atoms with Crippen molar-refractivity contribution in [2.45, 2.75) is 26.2 Å². The number of hydrogen-bond acceptors (Lipinski definition) is 6. The Morgan fingerprint density at radius 2 is 1.85 bits per heavy atom. The molecule has 0 bridgehead atoms. The van der Waals surface area contributed by atoms with Gasteiger partial charge in [-0.2, -0.15) is 0 Å². The first kappa shape index (κ1) is 24.7. The normalized spacial score (nSPS) is 11.3. The highest BCUT2D eigenvalue weighted by molar-refractivity contribution is 5.95. The Balaban J connectivity index is 1.59. The van der Waals surface area contributed by atoms with Gasteiger partial charge in [-0.25, -0.2) is 0 Å². The van der Waals surface area contributed by atoms with Crippen LogP contribution in [0.3, 0.4) is 0 Å². The number of carboxylic acids is 1. The van der Waals surface area contributed by atoms with Gasteiger partial charge in [-0.1, -0.05) is 18.2 Å². The van der Waals surface area contributed by atoms with Crippen LogP contribution in [0.2, 0.25) is 0 Å². The lowest BCUT2D eigenvalue weighted by molar-refractivity contribution is -0.137. The summed E-state index contributed by atoms with van der Waals surface area (Å²) in [5, 5.41) is 12.5. The first-order valence-electron chi connectivity index (χ1n) is 11.0. The first-order chi connectivity index (χ1) is 16.4. The Morgan fingerprint density at radius 3 is 2.59 bits per heavy atom. The predicted octanol–water partition coefficient (Wildman–Crippen LogP) is 4.46. The lowest BCUT2D eigenvalue weighted by atomic mass is 10.1. The van der Waals surface area contributed by atoms with Crippen LogP contribution in [0.4, 0.5) is 0 Å². The number of amides is 1.